The van der Waals surface area contributed by atoms with Gasteiger partial charge in [0, 0.05) is 38.1 Å². The number of nitrogens with zero attached hydrogens (tertiary/aromatic N) is 4. The van der Waals surface area contributed by atoms with Crippen molar-refractivity contribution in [3.63, 3.8) is 0 Å². The fourth-order valence-electron chi connectivity index (χ4n) is 2.53. The zero-order valence-electron chi connectivity index (χ0n) is 16.7. The van der Waals surface area contributed by atoms with Crippen LogP contribution >= 0.6 is 11.3 Å². The van der Waals surface area contributed by atoms with Crippen LogP contribution < -0.4 is 30.3 Å². The Labute approximate surface area is 176 Å². The Morgan fingerprint density at radius 3 is 2.67 bits per heavy atom. The predicted octanol–water partition coefficient (Wildman–Crippen LogP) is 0.0766. The summed E-state index contributed by atoms with van der Waals surface area (Å²) in [6.07, 6.45) is 1.50. The van der Waals surface area contributed by atoms with Gasteiger partial charge in [-0.2, -0.15) is 10.5 Å². The summed E-state index contributed by atoms with van der Waals surface area (Å²) in [7, 11) is 1.66. The number of anilines is 2. The molecule has 2 N–H and O–H groups in total. The maximum absolute atomic E-state index is 12.7. The Bertz CT molecular complexity index is 1230. The zero-order chi connectivity index (χ0) is 22.3. The summed E-state index contributed by atoms with van der Waals surface area (Å²) in [4.78, 5) is 37.9. The second-order valence-corrected chi connectivity index (χ2v) is 7.10. The van der Waals surface area contributed by atoms with E-state index < -0.39 is 5.91 Å². The molecule has 0 aliphatic rings. The summed E-state index contributed by atoms with van der Waals surface area (Å²) in [6.45, 7) is 3.23. The molecular formula is C20H20N6O3S. The normalized spacial score (nSPS) is 11.8. The molecule has 0 aliphatic carbocycles. The fourth-order valence-corrected chi connectivity index (χ4v) is 3.62. The van der Waals surface area contributed by atoms with Crippen LogP contribution in [0.15, 0.2) is 29.1 Å². The molecule has 0 unspecified atom stereocenters. The first kappa shape index (κ1) is 22.4. The fraction of sp³-hybridized carbons (Fsp3) is 0.250. The van der Waals surface area contributed by atoms with E-state index in [1.54, 1.807) is 44.3 Å². The lowest BCUT2D eigenvalue weighted by molar-refractivity contribution is -0.116. The van der Waals surface area contributed by atoms with Crippen LogP contribution in [-0.2, 0) is 16.1 Å². The van der Waals surface area contributed by atoms with Crippen molar-refractivity contribution in [3.8, 4) is 12.1 Å². The number of nitriles is 2. The summed E-state index contributed by atoms with van der Waals surface area (Å²) >= 11 is 1.00. The summed E-state index contributed by atoms with van der Waals surface area (Å²) < 4.78 is 1.86. The highest BCUT2D eigenvalue weighted by Gasteiger charge is 2.15. The van der Waals surface area contributed by atoms with Crippen LogP contribution in [0.1, 0.15) is 13.8 Å². The molecule has 1 heterocycles. The van der Waals surface area contributed by atoms with Crippen LogP contribution in [0.2, 0.25) is 0 Å². The van der Waals surface area contributed by atoms with E-state index in [4.69, 9.17) is 5.26 Å². The van der Waals surface area contributed by atoms with Crippen molar-refractivity contribution in [1.82, 2.24) is 9.88 Å². The minimum atomic E-state index is -0.706. The van der Waals surface area contributed by atoms with E-state index in [1.165, 1.54) is 22.6 Å². The number of thiazole rings is 1. The lowest BCUT2D eigenvalue weighted by Gasteiger charge is -2.15. The number of hydrogen-bond acceptors (Lipinski definition) is 7. The SMILES string of the molecule is CCn1c(=O)/c(=C\Nc2cccc(N(C)C(C)=O)c2)s/c1=C(/C#N)C(=O)NCC#N. The van der Waals surface area contributed by atoms with Crippen LogP contribution in [0.3, 0.4) is 0 Å². The lowest BCUT2D eigenvalue weighted by Crippen LogP contribution is -2.34. The average Bonchev–Trinajstić information content (AvgIpc) is 3.05. The lowest BCUT2D eigenvalue weighted by atomic mass is 10.2. The van der Waals surface area contributed by atoms with Gasteiger partial charge in [-0.25, -0.2) is 0 Å². The summed E-state index contributed by atoms with van der Waals surface area (Å²) in [5.74, 6) is -0.818. The monoisotopic (exact) mass is 424 g/mol. The van der Waals surface area contributed by atoms with Crippen LogP contribution in [0, 0.1) is 22.7 Å². The Morgan fingerprint density at radius 2 is 2.07 bits per heavy atom. The Kier molecular flexibility index (Phi) is 7.50. The van der Waals surface area contributed by atoms with Crippen molar-refractivity contribution in [2.75, 3.05) is 23.8 Å². The van der Waals surface area contributed by atoms with Gasteiger partial charge < -0.3 is 15.5 Å². The number of hydrogen-bond donors (Lipinski definition) is 2. The van der Waals surface area contributed by atoms with Gasteiger partial charge >= 0.3 is 0 Å². The van der Waals surface area contributed by atoms with E-state index in [-0.39, 0.29) is 34.8 Å². The van der Waals surface area contributed by atoms with Gasteiger partial charge in [-0.1, -0.05) is 6.07 Å². The third kappa shape index (κ3) is 4.93. The van der Waals surface area contributed by atoms with E-state index in [2.05, 4.69) is 10.6 Å². The average molecular weight is 424 g/mol. The van der Waals surface area contributed by atoms with Crippen molar-refractivity contribution in [3.05, 3.63) is 43.8 Å². The Hall–Kier alpha value is -3.89. The van der Waals surface area contributed by atoms with Gasteiger partial charge in [0.25, 0.3) is 11.5 Å². The van der Waals surface area contributed by atoms with Gasteiger partial charge in [0.1, 0.15) is 21.8 Å². The van der Waals surface area contributed by atoms with Gasteiger partial charge in [-0.15, -0.1) is 11.3 Å². The molecule has 9 nitrogen and oxygen atoms in total. The molecule has 2 rings (SSSR count). The van der Waals surface area contributed by atoms with Gasteiger partial charge in [0.05, 0.1) is 6.07 Å². The minimum absolute atomic E-state index is 0.112. The highest BCUT2D eigenvalue weighted by molar-refractivity contribution is 7.07. The molecule has 0 radical (unpaired) electrons. The highest BCUT2D eigenvalue weighted by atomic mass is 32.1. The van der Waals surface area contributed by atoms with Crippen molar-refractivity contribution < 1.29 is 9.59 Å². The number of rotatable bonds is 6. The first-order valence-corrected chi connectivity index (χ1v) is 9.76. The molecule has 1 aromatic carbocycles. The predicted molar refractivity (Wildman–Crippen MR) is 115 cm³/mol. The molecule has 0 saturated heterocycles. The second kappa shape index (κ2) is 10.0. The maximum atomic E-state index is 12.7. The first-order chi connectivity index (χ1) is 14.3. The van der Waals surface area contributed by atoms with E-state index in [0.29, 0.717) is 15.9 Å². The molecule has 0 atom stereocenters. The van der Waals surface area contributed by atoms with Gasteiger partial charge in [-0.05, 0) is 25.1 Å². The molecular weight excluding hydrogens is 404 g/mol. The molecule has 154 valence electrons. The molecule has 10 heteroatoms. The quantitative estimate of drug-likeness (QED) is 0.631. The van der Waals surface area contributed by atoms with E-state index in [0.717, 1.165) is 11.3 Å². The molecule has 1 aromatic heterocycles. The van der Waals surface area contributed by atoms with Gasteiger partial charge in [0.2, 0.25) is 5.91 Å². The van der Waals surface area contributed by atoms with Crippen LogP contribution in [-0.4, -0.2) is 30.0 Å². The molecule has 0 aliphatic heterocycles. The molecule has 0 saturated carbocycles. The minimum Gasteiger partial charge on any atom is -0.360 e. The summed E-state index contributed by atoms with van der Waals surface area (Å²) in [5.41, 5.74) is 0.782. The van der Waals surface area contributed by atoms with Crippen LogP contribution in [0.5, 0.6) is 0 Å². The highest BCUT2D eigenvalue weighted by Crippen LogP contribution is 2.18. The molecule has 0 spiro atoms. The van der Waals surface area contributed by atoms with Crippen molar-refractivity contribution >= 4 is 46.3 Å². The largest absolute Gasteiger partial charge is 0.360 e. The second-order valence-electron chi connectivity index (χ2n) is 6.07. The number of nitrogens with one attached hydrogen (secondary N) is 2. The number of benzene rings is 1. The molecule has 2 aromatic rings. The van der Waals surface area contributed by atoms with E-state index in [1.807, 2.05) is 6.07 Å². The van der Waals surface area contributed by atoms with Crippen molar-refractivity contribution in [2.24, 2.45) is 0 Å². The number of aromatic nitrogens is 1. The third-order valence-corrected chi connectivity index (χ3v) is 5.31. The van der Waals surface area contributed by atoms with Crippen molar-refractivity contribution in [2.45, 2.75) is 20.4 Å². The van der Waals surface area contributed by atoms with Crippen LogP contribution in [0.25, 0.3) is 11.8 Å². The topological polar surface area (TPSA) is 131 Å². The van der Waals surface area contributed by atoms with E-state index >= 15 is 0 Å². The van der Waals surface area contributed by atoms with Crippen LogP contribution in [0.4, 0.5) is 11.4 Å². The zero-order valence-corrected chi connectivity index (χ0v) is 17.5. The maximum Gasteiger partial charge on any atom is 0.270 e. The standard InChI is InChI=1S/C20H20N6O3S/c1-4-26-19(29)17(30-20(26)16(11-22)18(28)23-9-8-21)12-24-14-6-5-7-15(10-14)25(3)13(2)27/h5-7,10,12,24H,4,9H2,1-3H3,(H,23,28)/b17-12+,20-16-. The van der Waals surface area contributed by atoms with Gasteiger partial charge in [-0.3, -0.25) is 19.0 Å². The number of carbonyl (C=O) groups is 2. The Balaban J connectivity index is 2.50. The molecule has 2 amide bonds. The summed E-state index contributed by atoms with van der Waals surface area (Å²) in [5, 5.41) is 23.4. The van der Waals surface area contributed by atoms with Crippen molar-refractivity contribution in [1.29, 1.82) is 10.5 Å². The number of amides is 2. The van der Waals surface area contributed by atoms with E-state index in [9.17, 15) is 19.6 Å². The third-order valence-electron chi connectivity index (χ3n) is 4.18. The molecule has 0 bridgehead atoms. The molecule has 30 heavy (non-hydrogen) atoms. The smallest absolute Gasteiger partial charge is 0.270 e. The van der Waals surface area contributed by atoms with Gasteiger partial charge in [0.15, 0.2) is 5.57 Å². The summed E-state index contributed by atoms with van der Waals surface area (Å²) in [6, 6.07) is 10.7. The molecule has 0 fully saturated rings. The number of carbonyl (C=O) groups excluding carboxylic acids is 2. The first-order valence-electron chi connectivity index (χ1n) is 8.94. The Morgan fingerprint density at radius 1 is 1.33 bits per heavy atom.